The van der Waals surface area contributed by atoms with Crippen molar-refractivity contribution in [2.45, 2.75) is 26.3 Å². The maximum absolute atomic E-state index is 6.38. The first-order valence-corrected chi connectivity index (χ1v) is 7.10. The molecule has 0 saturated carbocycles. The van der Waals surface area contributed by atoms with Gasteiger partial charge in [0.1, 0.15) is 0 Å². The quantitative estimate of drug-likeness (QED) is 0.884. The number of aromatic nitrogens is 2. The first-order valence-electron chi connectivity index (χ1n) is 6.72. The van der Waals surface area contributed by atoms with Gasteiger partial charge < -0.3 is 5.32 Å². The SMILES string of the molecule is CCc1nn(C)c(CN2CCC(CNC)C2)c1Cl. The summed E-state index contributed by atoms with van der Waals surface area (Å²) in [6.45, 7) is 6.44. The van der Waals surface area contributed by atoms with Gasteiger partial charge in [0.2, 0.25) is 0 Å². The predicted molar refractivity (Wildman–Crippen MR) is 74.9 cm³/mol. The van der Waals surface area contributed by atoms with Crippen molar-refractivity contribution in [1.29, 1.82) is 0 Å². The van der Waals surface area contributed by atoms with Gasteiger partial charge in [0.15, 0.2) is 0 Å². The molecule has 2 rings (SSSR count). The Hall–Kier alpha value is -0.580. The largest absolute Gasteiger partial charge is 0.319 e. The van der Waals surface area contributed by atoms with Crippen molar-refractivity contribution in [3.8, 4) is 0 Å². The van der Waals surface area contributed by atoms with Crippen LogP contribution in [0.5, 0.6) is 0 Å². The van der Waals surface area contributed by atoms with Crippen molar-refractivity contribution in [2.24, 2.45) is 13.0 Å². The third kappa shape index (κ3) is 2.87. The van der Waals surface area contributed by atoms with E-state index in [1.54, 1.807) is 0 Å². The molecule has 1 saturated heterocycles. The summed E-state index contributed by atoms with van der Waals surface area (Å²) < 4.78 is 1.94. The molecule has 1 aliphatic rings. The van der Waals surface area contributed by atoms with E-state index in [4.69, 9.17) is 11.6 Å². The molecule has 1 unspecified atom stereocenters. The molecule has 18 heavy (non-hydrogen) atoms. The molecule has 0 aliphatic carbocycles. The van der Waals surface area contributed by atoms with Crippen LogP contribution in [0.4, 0.5) is 0 Å². The fourth-order valence-corrected chi connectivity index (χ4v) is 3.07. The maximum atomic E-state index is 6.38. The van der Waals surface area contributed by atoms with Gasteiger partial charge in [0.05, 0.1) is 16.4 Å². The minimum atomic E-state index is 0.771. The van der Waals surface area contributed by atoms with Crippen molar-refractivity contribution in [1.82, 2.24) is 20.0 Å². The van der Waals surface area contributed by atoms with Crippen LogP contribution in [0.25, 0.3) is 0 Å². The van der Waals surface area contributed by atoms with E-state index >= 15 is 0 Å². The highest BCUT2D eigenvalue weighted by Crippen LogP contribution is 2.24. The molecule has 4 nitrogen and oxygen atoms in total. The van der Waals surface area contributed by atoms with Crippen LogP contribution in [0.2, 0.25) is 5.02 Å². The zero-order chi connectivity index (χ0) is 13.1. The number of rotatable bonds is 5. The van der Waals surface area contributed by atoms with Crippen molar-refractivity contribution in [3.05, 3.63) is 16.4 Å². The first kappa shape index (κ1) is 13.8. The third-order valence-corrected chi connectivity index (χ3v) is 4.18. The molecule has 0 spiro atoms. The summed E-state index contributed by atoms with van der Waals surface area (Å²) in [6.07, 6.45) is 2.17. The van der Waals surface area contributed by atoms with Crippen LogP contribution in [0.1, 0.15) is 24.7 Å². The number of likely N-dealkylation sites (tertiary alicyclic amines) is 1. The summed E-state index contributed by atoms with van der Waals surface area (Å²) in [4.78, 5) is 2.48. The summed E-state index contributed by atoms with van der Waals surface area (Å²) in [6, 6.07) is 0. The normalized spacial score (nSPS) is 20.8. The molecule has 1 aliphatic heterocycles. The molecule has 1 aromatic heterocycles. The van der Waals surface area contributed by atoms with Gasteiger partial charge in [-0.1, -0.05) is 18.5 Å². The van der Waals surface area contributed by atoms with E-state index in [1.165, 1.54) is 6.42 Å². The van der Waals surface area contributed by atoms with Crippen LogP contribution in [-0.4, -0.2) is 41.4 Å². The minimum Gasteiger partial charge on any atom is -0.319 e. The number of hydrogen-bond acceptors (Lipinski definition) is 3. The predicted octanol–water partition coefficient (Wildman–Crippen LogP) is 1.68. The second-order valence-corrected chi connectivity index (χ2v) is 5.51. The molecule has 1 fully saturated rings. The van der Waals surface area contributed by atoms with Crippen molar-refractivity contribution >= 4 is 11.6 Å². The van der Waals surface area contributed by atoms with E-state index in [1.807, 2.05) is 18.8 Å². The number of hydrogen-bond donors (Lipinski definition) is 1. The molecule has 5 heteroatoms. The maximum Gasteiger partial charge on any atom is 0.0863 e. The summed E-state index contributed by atoms with van der Waals surface area (Å²) in [7, 11) is 4.01. The van der Waals surface area contributed by atoms with Gasteiger partial charge in [0, 0.05) is 20.1 Å². The van der Waals surface area contributed by atoms with Crippen molar-refractivity contribution < 1.29 is 0 Å². The molecule has 0 radical (unpaired) electrons. The first-order chi connectivity index (χ1) is 8.65. The Bertz CT molecular complexity index is 402. The highest BCUT2D eigenvalue weighted by Gasteiger charge is 2.24. The summed E-state index contributed by atoms with van der Waals surface area (Å²) in [5.74, 6) is 0.771. The lowest BCUT2D eigenvalue weighted by molar-refractivity contribution is 0.306. The fourth-order valence-electron chi connectivity index (χ4n) is 2.72. The molecule has 1 N–H and O–H groups in total. The molecular formula is C13H23ClN4. The third-order valence-electron chi connectivity index (χ3n) is 3.74. The Morgan fingerprint density at radius 2 is 2.28 bits per heavy atom. The van der Waals surface area contributed by atoms with E-state index < -0.39 is 0 Å². The van der Waals surface area contributed by atoms with Gasteiger partial charge in [-0.2, -0.15) is 5.10 Å². The highest BCUT2D eigenvalue weighted by atomic mass is 35.5. The average molecular weight is 271 g/mol. The lowest BCUT2D eigenvalue weighted by Crippen LogP contribution is -2.25. The van der Waals surface area contributed by atoms with Crippen LogP contribution < -0.4 is 5.32 Å². The Morgan fingerprint density at radius 1 is 1.50 bits per heavy atom. The molecule has 102 valence electrons. The summed E-state index contributed by atoms with van der Waals surface area (Å²) in [5.41, 5.74) is 2.17. The monoisotopic (exact) mass is 270 g/mol. The lowest BCUT2D eigenvalue weighted by Gasteiger charge is -2.16. The second kappa shape index (κ2) is 6.04. The van der Waals surface area contributed by atoms with Crippen molar-refractivity contribution in [2.75, 3.05) is 26.7 Å². The Kier molecular flexibility index (Phi) is 4.65. The highest BCUT2D eigenvalue weighted by molar-refractivity contribution is 6.31. The summed E-state index contributed by atoms with van der Waals surface area (Å²) >= 11 is 6.38. The van der Waals surface area contributed by atoms with Crippen molar-refractivity contribution in [3.63, 3.8) is 0 Å². The van der Waals surface area contributed by atoms with Crippen LogP contribution in [0.3, 0.4) is 0 Å². The molecule has 0 bridgehead atoms. The van der Waals surface area contributed by atoms with E-state index in [2.05, 4.69) is 22.2 Å². The van der Waals surface area contributed by atoms with Crippen LogP contribution in [0.15, 0.2) is 0 Å². The molecule has 0 aromatic carbocycles. The lowest BCUT2D eigenvalue weighted by atomic mass is 10.1. The van der Waals surface area contributed by atoms with E-state index in [0.717, 1.165) is 54.9 Å². The van der Waals surface area contributed by atoms with Gasteiger partial charge in [-0.25, -0.2) is 0 Å². The Morgan fingerprint density at radius 3 is 2.89 bits per heavy atom. The molecule has 1 atom stereocenters. The van der Waals surface area contributed by atoms with Gasteiger partial charge in [-0.05, 0) is 38.9 Å². The topological polar surface area (TPSA) is 33.1 Å². The van der Waals surface area contributed by atoms with E-state index in [9.17, 15) is 0 Å². The van der Waals surface area contributed by atoms with E-state index in [0.29, 0.717) is 0 Å². The van der Waals surface area contributed by atoms with Crippen LogP contribution >= 0.6 is 11.6 Å². The van der Waals surface area contributed by atoms with E-state index in [-0.39, 0.29) is 0 Å². The van der Waals surface area contributed by atoms with Gasteiger partial charge in [0.25, 0.3) is 0 Å². The Balaban J connectivity index is 2.00. The Labute approximate surface area is 114 Å². The molecule has 1 aromatic rings. The molecule has 0 amide bonds. The fraction of sp³-hybridized carbons (Fsp3) is 0.769. The smallest absolute Gasteiger partial charge is 0.0863 e. The zero-order valence-electron chi connectivity index (χ0n) is 11.5. The minimum absolute atomic E-state index is 0.771. The van der Waals surface area contributed by atoms with Gasteiger partial charge in [-0.15, -0.1) is 0 Å². The average Bonchev–Trinajstić information content (AvgIpc) is 2.89. The number of nitrogens with one attached hydrogen (secondary N) is 1. The van der Waals surface area contributed by atoms with Crippen LogP contribution in [-0.2, 0) is 20.0 Å². The number of nitrogens with zero attached hydrogens (tertiary/aromatic N) is 3. The number of halogens is 1. The molecular weight excluding hydrogens is 248 g/mol. The van der Waals surface area contributed by atoms with Gasteiger partial charge >= 0.3 is 0 Å². The number of aryl methyl sites for hydroxylation is 2. The standard InChI is InChI=1S/C13H23ClN4/c1-4-11-13(14)12(17(3)16-11)9-18-6-5-10(8-18)7-15-2/h10,15H,4-9H2,1-3H3. The van der Waals surface area contributed by atoms with Gasteiger partial charge in [-0.3, -0.25) is 9.58 Å². The second-order valence-electron chi connectivity index (χ2n) is 5.13. The van der Waals surface area contributed by atoms with Crippen LogP contribution in [0, 0.1) is 5.92 Å². The molecule has 2 heterocycles. The zero-order valence-corrected chi connectivity index (χ0v) is 12.3. The summed E-state index contributed by atoms with van der Waals surface area (Å²) in [5, 5.41) is 8.59.